The number of hydrogen-bond acceptors (Lipinski definition) is 4. The Bertz CT molecular complexity index is 403. The first-order chi connectivity index (χ1) is 7.05. The molecule has 0 aromatic carbocycles. The van der Waals surface area contributed by atoms with Crippen LogP contribution in [0.3, 0.4) is 0 Å². The van der Waals surface area contributed by atoms with Gasteiger partial charge < -0.3 is 5.32 Å². The number of rotatable bonds is 6. The average molecular weight is 313 g/mol. The van der Waals surface area contributed by atoms with Gasteiger partial charge in [0.05, 0.1) is 5.75 Å². The Labute approximate surface area is 102 Å². The third kappa shape index (κ3) is 4.60. The Morgan fingerprint density at radius 3 is 2.80 bits per heavy atom. The SMILES string of the molecule is CNCCS(=O)(=O)NCc1sccc1Br. The average Bonchev–Trinajstić information content (AvgIpc) is 2.58. The van der Waals surface area contributed by atoms with Crippen molar-refractivity contribution >= 4 is 37.3 Å². The molecule has 4 nitrogen and oxygen atoms in total. The Morgan fingerprint density at radius 1 is 1.53 bits per heavy atom. The third-order valence-corrected chi connectivity index (χ3v) is 5.02. The number of thiophene rings is 1. The summed E-state index contributed by atoms with van der Waals surface area (Å²) in [4.78, 5) is 0.989. The lowest BCUT2D eigenvalue weighted by molar-refractivity contribution is 0.579. The molecule has 1 aromatic heterocycles. The number of sulfonamides is 1. The fraction of sp³-hybridized carbons (Fsp3) is 0.500. The van der Waals surface area contributed by atoms with Crippen molar-refractivity contribution in [1.82, 2.24) is 10.0 Å². The highest BCUT2D eigenvalue weighted by atomic mass is 79.9. The van der Waals surface area contributed by atoms with E-state index < -0.39 is 10.0 Å². The van der Waals surface area contributed by atoms with Crippen LogP contribution in [-0.4, -0.2) is 27.8 Å². The molecule has 2 N–H and O–H groups in total. The van der Waals surface area contributed by atoms with Crippen LogP contribution in [0.4, 0.5) is 0 Å². The summed E-state index contributed by atoms with van der Waals surface area (Å²) in [6.45, 7) is 0.811. The van der Waals surface area contributed by atoms with Crippen molar-refractivity contribution < 1.29 is 8.42 Å². The minimum atomic E-state index is -3.16. The zero-order chi connectivity index (χ0) is 11.3. The summed E-state index contributed by atoms with van der Waals surface area (Å²) < 4.78 is 26.4. The van der Waals surface area contributed by atoms with Gasteiger partial charge in [0.25, 0.3) is 0 Å². The van der Waals surface area contributed by atoms with Gasteiger partial charge in [0.1, 0.15) is 0 Å². The van der Waals surface area contributed by atoms with Crippen LogP contribution in [0.25, 0.3) is 0 Å². The van der Waals surface area contributed by atoms with Gasteiger partial charge in [-0.15, -0.1) is 11.3 Å². The monoisotopic (exact) mass is 312 g/mol. The van der Waals surface area contributed by atoms with Crippen LogP contribution in [0.15, 0.2) is 15.9 Å². The molecule has 0 saturated carbocycles. The Balaban J connectivity index is 2.46. The van der Waals surface area contributed by atoms with Crippen molar-refractivity contribution in [3.8, 4) is 0 Å². The lowest BCUT2D eigenvalue weighted by Gasteiger charge is -2.05. The smallest absolute Gasteiger partial charge is 0.213 e. The highest BCUT2D eigenvalue weighted by molar-refractivity contribution is 9.10. The van der Waals surface area contributed by atoms with Crippen LogP contribution in [0.2, 0.25) is 0 Å². The molecule has 1 aromatic rings. The van der Waals surface area contributed by atoms with E-state index in [9.17, 15) is 8.42 Å². The highest BCUT2D eigenvalue weighted by Crippen LogP contribution is 2.22. The zero-order valence-corrected chi connectivity index (χ0v) is 11.5. The molecule has 0 bridgehead atoms. The molecule has 0 unspecified atom stereocenters. The molecule has 0 aliphatic carbocycles. The van der Waals surface area contributed by atoms with Gasteiger partial charge in [0.15, 0.2) is 0 Å². The molecule has 15 heavy (non-hydrogen) atoms. The van der Waals surface area contributed by atoms with E-state index >= 15 is 0 Å². The van der Waals surface area contributed by atoms with Crippen molar-refractivity contribution in [2.75, 3.05) is 19.3 Å². The molecule has 0 spiro atoms. The molecular weight excluding hydrogens is 300 g/mol. The van der Waals surface area contributed by atoms with E-state index in [2.05, 4.69) is 26.0 Å². The Kier molecular flexibility index (Phi) is 5.20. The predicted molar refractivity (Wildman–Crippen MR) is 66.6 cm³/mol. The second-order valence-electron chi connectivity index (χ2n) is 2.94. The summed E-state index contributed by atoms with van der Waals surface area (Å²) in [6.07, 6.45) is 0. The first-order valence-corrected chi connectivity index (χ1v) is 7.71. The topological polar surface area (TPSA) is 58.2 Å². The molecule has 0 radical (unpaired) electrons. The van der Waals surface area contributed by atoms with E-state index in [0.29, 0.717) is 13.1 Å². The first-order valence-electron chi connectivity index (χ1n) is 4.39. The van der Waals surface area contributed by atoms with Crippen LogP contribution < -0.4 is 10.0 Å². The number of halogens is 1. The van der Waals surface area contributed by atoms with Gasteiger partial charge in [-0.25, -0.2) is 13.1 Å². The van der Waals surface area contributed by atoms with Crippen molar-refractivity contribution in [2.45, 2.75) is 6.54 Å². The molecule has 0 amide bonds. The molecule has 1 rings (SSSR count). The molecule has 0 aliphatic rings. The van der Waals surface area contributed by atoms with E-state index in [0.717, 1.165) is 9.35 Å². The normalized spacial score (nSPS) is 11.9. The molecule has 0 saturated heterocycles. The van der Waals surface area contributed by atoms with E-state index in [-0.39, 0.29) is 5.75 Å². The molecule has 0 aliphatic heterocycles. The second kappa shape index (κ2) is 5.95. The predicted octanol–water partition coefficient (Wildman–Crippen LogP) is 1.15. The van der Waals surface area contributed by atoms with Gasteiger partial charge in [0, 0.05) is 22.4 Å². The van der Waals surface area contributed by atoms with Crippen molar-refractivity contribution in [3.05, 3.63) is 20.8 Å². The standard InChI is InChI=1S/C8H13BrN2O2S2/c1-10-3-5-15(12,13)11-6-8-7(9)2-4-14-8/h2,4,10-11H,3,5-6H2,1H3. The number of nitrogens with one attached hydrogen (secondary N) is 2. The van der Waals surface area contributed by atoms with Crippen molar-refractivity contribution in [1.29, 1.82) is 0 Å². The highest BCUT2D eigenvalue weighted by Gasteiger charge is 2.10. The van der Waals surface area contributed by atoms with Crippen LogP contribution in [0.1, 0.15) is 4.88 Å². The summed E-state index contributed by atoms with van der Waals surface area (Å²) in [5, 5.41) is 4.72. The molecule has 86 valence electrons. The van der Waals surface area contributed by atoms with Gasteiger partial charge in [0.2, 0.25) is 10.0 Å². The molecule has 0 fully saturated rings. The van der Waals surface area contributed by atoms with E-state index in [1.54, 1.807) is 7.05 Å². The summed E-state index contributed by atoms with van der Waals surface area (Å²) in [5.41, 5.74) is 0. The first kappa shape index (κ1) is 13.1. The van der Waals surface area contributed by atoms with E-state index in [4.69, 9.17) is 0 Å². The Hall–Kier alpha value is 0.0500. The number of hydrogen-bond donors (Lipinski definition) is 2. The lowest BCUT2D eigenvalue weighted by atomic mass is 10.5. The maximum Gasteiger partial charge on any atom is 0.213 e. The quantitative estimate of drug-likeness (QED) is 0.828. The van der Waals surface area contributed by atoms with Gasteiger partial charge >= 0.3 is 0 Å². The lowest BCUT2D eigenvalue weighted by Crippen LogP contribution is -2.30. The van der Waals surface area contributed by atoms with Crippen LogP contribution in [0.5, 0.6) is 0 Å². The Morgan fingerprint density at radius 2 is 2.27 bits per heavy atom. The fourth-order valence-electron chi connectivity index (χ4n) is 0.935. The zero-order valence-electron chi connectivity index (χ0n) is 8.29. The summed E-state index contributed by atoms with van der Waals surface area (Å²) in [5.74, 6) is 0.104. The van der Waals surface area contributed by atoms with E-state index in [1.165, 1.54) is 11.3 Å². The van der Waals surface area contributed by atoms with Gasteiger partial charge in [-0.3, -0.25) is 0 Å². The summed E-state index contributed by atoms with van der Waals surface area (Å²) >= 11 is 4.87. The van der Waals surface area contributed by atoms with Crippen molar-refractivity contribution in [2.24, 2.45) is 0 Å². The van der Waals surface area contributed by atoms with Crippen LogP contribution in [0, 0.1) is 0 Å². The van der Waals surface area contributed by atoms with Crippen molar-refractivity contribution in [3.63, 3.8) is 0 Å². The molecular formula is C8H13BrN2O2S2. The van der Waals surface area contributed by atoms with E-state index in [1.807, 2.05) is 11.4 Å². The van der Waals surface area contributed by atoms with Crippen LogP contribution >= 0.6 is 27.3 Å². The maximum atomic E-state index is 11.4. The van der Waals surface area contributed by atoms with Gasteiger partial charge in [-0.2, -0.15) is 0 Å². The van der Waals surface area contributed by atoms with Crippen LogP contribution in [-0.2, 0) is 16.6 Å². The minimum Gasteiger partial charge on any atom is -0.319 e. The fourth-order valence-corrected chi connectivity index (χ4v) is 3.44. The maximum absolute atomic E-state index is 11.4. The molecule has 0 atom stereocenters. The molecule has 7 heteroatoms. The largest absolute Gasteiger partial charge is 0.319 e. The van der Waals surface area contributed by atoms with Gasteiger partial charge in [-0.05, 0) is 34.4 Å². The summed E-state index contributed by atoms with van der Waals surface area (Å²) in [7, 11) is -1.44. The summed E-state index contributed by atoms with van der Waals surface area (Å²) in [6, 6.07) is 1.90. The van der Waals surface area contributed by atoms with Gasteiger partial charge in [-0.1, -0.05) is 0 Å². The molecule has 1 heterocycles. The third-order valence-electron chi connectivity index (χ3n) is 1.76. The minimum absolute atomic E-state index is 0.104. The second-order valence-corrected chi connectivity index (χ2v) is 6.72.